The average molecular weight is 169 g/mol. The number of aromatic nitrogens is 2. The lowest BCUT2D eigenvalue weighted by molar-refractivity contribution is 0.588. The van der Waals surface area contributed by atoms with Gasteiger partial charge >= 0.3 is 0 Å². The summed E-state index contributed by atoms with van der Waals surface area (Å²) in [6.45, 7) is 2.04. The van der Waals surface area contributed by atoms with Gasteiger partial charge in [0.1, 0.15) is 6.33 Å². The Kier molecular flexibility index (Phi) is 2.96. The Morgan fingerprint density at radius 1 is 1.50 bits per heavy atom. The molecular weight excluding hydrogens is 157 g/mol. The minimum Gasteiger partial charge on any atom is -0.381 e. The number of halogens is 1. The van der Waals surface area contributed by atoms with Gasteiger partial charge in [-0.3, -0.25) is 0 Å². The number of nitrogens with two attached hydrogens (primary N) is 1. The summed E-state index contributed by atoms with van der Waals surface area (Å²) in [6, 6.07) is 0. The summed E-state index contributed by atoms with van der Waals surface area (Å²) in [5, 5.41) is 0. The monoisotopic (exact) mass is 169 g/mol. The van der Waals surface area contributed by atoms with Gasteiger partial charge in [0.2, 0.25) is 0 Å². The fourth-order valence-electron chi connectivity index (χ4n) is 0.940. The molecule has 0 aromatic carbocycles. The summed E-state index contributed by atoms with van der Waals surface area (Å²) in [4.78, 5) is 7.35. The molecule has 0 saturated heterocycles. The highest BCUT2D eigenvalue weighted by atomic mass is 19.1. The second kappa shape index (κ2) is 3.99. The maximum absolute atomic E-state index is 13.1. The molecule has 66 valence electrons. The second-order valence-corrected chi connectivity index (χ2v) is 2.62. The minimum absolute atomic E-state index is 0.0592. The first-order valence-electron chi connectivity index (χ1n) is 4.00. The van der Waals surface area contributed by atoms with Crippen LogP contribution in [-0.2, 0) is 6.42 Å². The number of anilines is 1. The lowest BCUT2D eigenvalue weighted by Crippen LogP contribution is -2.02. The van der Waals surface area contributed by atoms with Crippen molar-refractivity contribution < 1.29 is 4.39 Å². The molecule has 12 heavy (non-hydrogen) atoms. The van der Waals surface area contributed by atoms with Crippen molar-refractivity contribution in [3.63, 3.8) is 0 Å². The number of nitrogens with zero attached hydrogens (tertiary/aromatic N) is 2. The van der Waals surface area contributed by atoms with Gasteiger partial charge in [-0.15, -0.1) is 0 Å². The van der Waals surface area contributed by atoms with E-state index in [4.69, 9.17) is 5.73 Å². The SMILES string of the molecule is CCCCc1ncnc(N)c1F. The quantitative estimate of drug-likeness (QED) is 0.746. The van der Waals surface area contributed by atoms with E-state index in [2.05, 4.69) is 9.97 Å². The molecule has 1 heterocycles. The van der Waals surface area contributed by atoms with E-state index >= 15 is 0 Å². The van der Waals surface area contributed by atoms with Crippen LogP contribution in [0.15, 0.2) is 6.33 Å². The van der Waals surface area contributed by atoms with Crippen LogP contribution in [-0.4, -0.2) is 9.97 Å². The van der Waals surface area contributed by atoms with E-state index in [0.717, 1.165) is 12.8 Å². The highest BCUT2D eigenvalue weighted by molar-refractivity contribution is 5.30. The third-order valence-corrected chi connectivity index (χ3v) is 1.66. The predicted octanol–water partition coefficient (Wildman–Crippen LogP) is 1.54. The number of rotatable bonds is 3. The molecule has 0 aliphatic rings. The molecule has 0 bridgehead atoms. The van der Waals surface area contributed by atoms with Crippen LogP contribution < -0.4 is 5.73 Å². The van der Waals surface area contributed by atoms with Crippen molar-refractivity contribution in [2.24, 2.45) is 0 Å². The highest BCUT2D eigenvalue weighted by Crippen LogP contribution is 2.11. The topological polar surface area (TPSA) is 51.8 Å². The number of unbranched alkanes of at least 4 members (excludes halogenated alkanes) is 1. The maximum atomic E-state index is 13.1. The van der Waals surface area contributed by atoms with Gasteiger partial charge in [-0.05, 0) is 12.8 Å². The molecule has 0 aliphatic carbocycles. The Hall–Kier alpha value is -1.19. The van der Waals surface area contributed by atoms with E-state index in [1.165, 1.54) is 6.33 Å². The molecule has 3 nitrogen and oxygen atoms in total. The third kappa shape index (κ3) is 1.90. The first kappa shape index (κ1) is 8.90. The highest BCUT2D eigenvalue weighted by Gasteiger charge is 2.06. The Labute approximate surface area is 70.8 Å². The van der Waals surface area contributed by atoms with Crippen LogP contribution >= 0.6 is 0 Å². The normalized spacial score (nSPS) is 10.2. The molecule has 0 spiro atoms. The number of hydrogen-bond acceptors (Lipinski definition) is 3. The van der Waals surface area contributed by atoms with Crippen molar-refractivity contribution in [2.45, 2.75) is 26.2 Å². The van der Waals surface area contributed by atoms with Gasteiger partial charge in [0.25, 0.3) is 0 Å². The molecule has 4 heteroatoms. The number of hydrogen-bond donors (Lipinski definition) is 1. The first-order valence-corrected chi connectivity index (χ1v) is 4.00. The molecule has 1 rings (SSSR count). The van der Waals surface area contributed by atoms with E-state index in [1.807, 2.05) is 6.92 Å². The number of nitrogen functional groups attached to an aromatic ring is 1. The van der Waals surface area contributed by atoms with Crippen molar-refractivity contribution in [3.05, 3.63) is 17.8 Å². The van der Waals surface area contributed by atoms with Crippen LogP contribution in [0.25, 0.3) is 0 Å². The van der Waals surface area contributed by atoms with Gasteiger partial charge < -0.3 is 5.73 Å². The molecule has 0 amide bonds. The summed E-state index contributed by atoms with van der Waals surface area (Å²) < 4.78 is 13.1. The molecule has 0 aliphatic heterocycles. The molecular formula is C8H12FN3. The fourth-order valence-corrected chi connectivity index (χ4v) is 0.940. The average Bonchev–Trinajstić information content (AvgIpc) is 2.08. The van der Waals surface area contributed by atoms with Crippen molar-refractivity contribution in [1.29, 1.82) is 0 Å². The van der Waals surface area contributed by atoms with Gasteiger partial charge in [0.05, 0.1) is 5.69 Å². The van der Waals surface area contributed by atoms with Crippen LogP contribution in [0.3, 0.4) is 0 Å². The first-order chi connectivity index (χ1) is 5.75. The molecule has 0 atom stereocenters. The van der Waals surface area contributed by atoms with E-state index in [0.29, 0.717) is 12.1 Å². The molecule has 2 N–H and O–H groups in total. The molecule has 0 saturated carbocycles. The van der Waals surface area contributed by atoms with Gasteiger partial charge in [-0.2, -0.15) is 0 Å². The van der Waals surface area contributed by atoms with E-state index in [9.17, 15) is 4.39 Å². The molecule has 0 radical (unpaired) electrons. The van der Waals surface area contributed by atoms with Crippen molar-refractivity contribution in [2.75, 3.05) is 5.73 Å². The Balaban J connectivity index is 2.78. The lowest BCUT2D eigenvalue weighted by atomic mass is 10.2. The second-order valence-electron chi connectivity index (χ2n) is 2.62. The zero-order chi connectivity index (χ0) is 8.97. The summed E-state index contributed by atoms with van der Waals surface area (Å²) in [6.07, 6.45) is 3.87. The Bertz CT molecular complexity index is 262. The molecule has 1 aromatic rings. The standard InChI is InChI=1S/C8H12FN3/c1-2-3-4-6-7(9)8(10)12-5-11-6/h5H,2-4H2,1H3,(H2,10,11,12). The van der Waals surface area contributed by atoms with E-state index in [1.54, 1.807) is 0 Å². The van der Waals surface area contributed by atoms with E-state index in [-0.39, 0.29) is 5.82 Å². The van der Waals surface area contributed by atoms with Crippen molar-refractivity contribution in [3.8, 4) is 0 Å². The predicted molar refractivity (Wildman–Crippen MR) is 45.0 cm³/mol. The maximum Gasteiger partial charge on any atom is 0.186 e. The van der Waals surface area contributed by atoms with Gasteiger partial charge in [0.15, 0.2) is 11.6 Å². The summed E-state index contributed by atoms with van der Waals surface area (Å²) in [5.74, 6) is -0.526. The largest absolute Gasteiger partial charge is 0.381 e. The zero-order valence-corrected chi connectivity index (χ0v) is 7.05. The van der Waals surface area contributed by atoms with Crippen molar-refractivity contribution >= 4 is 5.82 Å². The summed E-state index contributed by atoms with van der Waals surface area (Å²) in [5.41, 5.74) is 5.69. The van der Waals surface area contributed by atoms with Gasteiger partial charge in [0, 0.05) is 0 Å². The van der Waals surface area contributed by atoms with Crippen LogP contribution in [0, 0.1) is 5.82 Å². The lowest BCUT2D eigenvalue weighted by Gasteiger charge is -2.01. The molecule has 0 fully saturated rings. The zero-order valence-electron chi connectivity index (χ0n) is 7.05. The van der Waals surface area contributed by atoms with Crippen LogP contribution in [0.1, 0.15) is 25.5 Å². The third-order valence-electron chi connectivity index (χ3n) is 1.66. The van der Waals surface area contributed by atoms with Crippen LogP contribution in [0.4, 0.5) is 10.2 Å². The Morgan fingerprint density at radius 2 is 2.25 bits per heavy atom. The number of aryl methyl sites for hydroxylation is 1. The van der Waals surface area contributed by atoms with Gasteiger partial charge in [-0.1, -0.05) is 13.3 Å². The van der Waals surface area contributed by atoms with Crippen molar-refractivity contribution in [1.82, 2.24) is 9.97 Å². The van der Waals surface area contributed by atoms with E-state index < -0.39 is 5.82 Å². The van der Waals surface area contributed by atoms with Crippen LogP contribution in [0.5, 0.6) is 0 Å². The smallest absolute Gasteiger partial charge is 0.186 e. The molecule has 0 unspecified atom stereocenters. The molecule has 1 aromatic heterocycles. The van der Waals surface area contributed by atoms with Gasteiger partial charge in [-0.25, -0.2) is 14.4 Å². The summed E-state index contributed by atoms with van der Waals surface area (Å²) in [7, 11) is 0. The minimum atomic E-state index is -0.467. The Morgan fingerprint density at radius 3 is 2.92 bits per heavy atom. The fraction of sp³-hybridized carbons (Fsp3) is 0.500. The summed E-state index contributed by atoms with van der Waals surface area (Å²) >= 11 is 0. The van der Waals surface area contributed by atoms with Crippen LogP contribution in [0.2, 0.25) is 0 Å².